The number of benzene rings is 1. The topological polar surface area (TPSA) is 31.4 Å². The Morgan fingerprint density at radius 1 is 0.889 bits per heavy atom. The molecule has 0 bridgehead atoms. The zero-order valence-electron chi connectivity index (χ0n) is 9.58. The summed E-state index contributed by atoms with van der Waals surface area (Å²) in [4.78, 5) is 3.98. The Morgan fingerprint density at radius 3 is 2.44 bits per heavy atom. The number of hydrogen-bond acceptors (Lipinski definition) is 3. The first-order valence-electron chi connectivity index (χ1n) is 5.39. The molecule has 1 aliphatic rings. The standard InChI is InChI=1S/C14H11NO2.ClH/c1(11-5-7-15-8-6-11)2-12-3-4-13-14(9-12)17-10-16-13;/h1-9H,10H2;1H/b2-1+;. The summed E-state index contributed by atoms with van der Waals surface area (Å²) in [5.74, 6) is 1.62. The molecule has 1 aliphatic heterocycles. The molecule has 0 saturated heterocycles. The van der Waals surface area contributed by atoms with E-state index in [0.717, 1.165) is 22.6 Å². The van der Waals surface area contributed by atoms with Crippen molar-refractivity contribution >= 4 is 24.6 Å². The van der Waals surface area contributed by atoms with E-state index in [0.29, 0.717) is 6.79 Å². The summed E-state index contributed by atoms with van der Waals surface area (Å²) < 4.78 is 10.6. The Hall–Kier alpha value is -2.00. The lowest BCUT2D eigenvalue weighted by atomic mass is 10.1. The summed E-state index contributed by atoms with van der Waals surface area (Å²) in [7, 11) is 0. The second kappa shape index (κ2) is 5.56. The number of fused-ring (bicyclic) bond motifs is 1. The van der Waals surface area contributed by atoms with E-state index < -0.39 is 0 Å². The van der Waals surface area contributed by atoms with Crippen molar-refractivity contribution in [2.75, 3.05) is 6.79 Å². The van der Waals surface area contributed by atoms with Crippen LogP contribution in [0.1, 0.15) is 11.1 Å². The Kier molecular flexibility index (Phi) is 3.85. The van der Waals surface area contributed by atoms with E-state index in [1.165, 1.54) is 0 Å². The van der Waals surface area contributed by atoms with Gasteiger partial charge in [-0.25, -0.2) is 0 Å². The van der Waals surface area contributed by atoms with Crippen LogP contribution >= 0.6 is 12.4 Å². The minimum atomic E-state index is 0. The van der Waals surface area contributed by atoms with Gasteiger partial charge >= 0.3 is 0 Å². The zero-order valence-corrected chi connectivity index (χ0v) is 10.4. The Morgan fingerprint density at radius 2 is 1.61 bits per heavy atom. The molecule has 0 spiro atoms. The van der Waals surface area contributed by atoms with Crippen molar-refractivity contribution in [2.24, 2.45) is 0 Å². The Bertz CT molecular complexity index is 555. The van der Waals surface area contributed by atoms with Gasteiger partial charge in [0.15, 0.2) is 11.5 Å². The zero-order chi connectivity index (χ0) is 11.5. The fourth-order valence-corrected chi connectivity index (χ4v) is 1.68. The fourth-order valence-electron chi connectivity index (χ4n) is 1.68. The summed E-state index contributed by atoms with van der Waals surface area (Å²) in [5.41, 5.74) is 2.21. The highest BCUT2D eigenvalue weighted by Crippen LogP contribution is 2.32. The molecule has 3 nitrogen and oxygen atoms in total. The van der Waals surface area contributed by atoms with Crippen molar-refractivity contribution in [2.45, 2.75) is 0 Å². The summed E-state index contributed by atoms with van der Waals surface area (Å²) in [6.45, 7) is 0.312. The van der Waals surface area contributed by atoms with Crippen LogP contribution in [0.25, 0.3) is 12.2 Å². The van der Waals surface area contributed by atoms with Gasteiger partial charge < -0.3 is 9.47 Å². The van der Waals surface area contributed by atoms with Gasteiger partial charge in [-0.3, -0.25) is 4.98 Å². The molecular weight excluding hydrogens is 250 g/mol. The average Bonchev–Trinajstić information content (AvgIpc) is 2.85. The third kappa shape index (κ3) is 2.63. The second-order valence-electron chi connectivity index (χ2n) is 3.73. The molecule has 0 unspecified atom stereocenters. The quantitative estimate of drug-likeness (QED) is 0.830. The van der Waals surface area contributed by atoms with Crippen molar-refractivity contribution in [1.82, 2.24) is 4.98 Å². The van der Waals surface area contributed by atoms with Crippen LogP contribution in [0.4, 0.5) is 0 Å². The molecule has 2 aromatic rings. The lowest BCUT2D eigenvalue weighted by Crippen LogP contribution is -1.92. The summed E-state index contributed by atoms with van der Waals surface area (Å²) in [6, 6.07) is 9.83. The Labute approximate surface area is 111 Å². The molecule has 0 N–H and O–H groups in total. The van der Waals surface area contributed by atoms with Gasteiger partial charge in [0.1, 0.15) is 0 Å². The van der Waals surface area contributed by atoms with E-state index in [4.69, 9.17) is 9.47 Å². The lowest BCUT2D eigenvalue weighted by Gasteiger charge is -1.97. The first-order chi connectivity index (χ1) is 8.42. The van der Waals surface area contributed by atoms with Crippen molar-refractivity contribution in [3.63, 3.8) is 0 Å². The number of pyridine rings is 1. The number of halogens is 1. The minimum absolute atomic E-state index is 0. The van der Waals surface area contributed by atoms with Crippen molar-refractivity contribution in [1.29, 1.82) is 0 Å². The molecule has 0 aliphatic carbocycles. The van der Waals surface area contributed by atoms with Crippen LogP contribution < -0.4 is 9.47 Å². The van der Waals surface area contributed by atoms with Crippen LogP contribution in [0.5, 0.6) is 11.5 Å². The first kappa shape index (κ1) is 12.5. The predicted molar refractivity (Wildman–Crippen MR) is 73.0 cm³/mol. The third-order valence-electron chi connectivity index (χ3n) is 2.57. The van der Waals surface area contributed by atoms with Gasteiger partial charge in [0.25, 0.3) is 0 Å². The largest absolute Gasteiger partial charge is 0.454 e. The molecule has 0 radical (unpaired) electrons. The van der Waals surface area contributed by atoms with E-state index in [1.54, 1.807) is 12.4 Å². The maximum Gasteiger partial charge on any atom is 0.231 e. The highest BCUT2D eigenvalue weighted by Gasteiger charge is 2.11. The number of rotatable bonds is 2. The molecule has 0 atom stereocenters. The molecule has 92 valence electrons. The molecule has 0 saturated carbocycles. The molecule has 4 heteroatoms. The summed E-state index contributed by atoms with van der Waals surface area (Å²) in [6.07, 6.45) is 7.63. The SMILES string of the molecule is C(=C\c1ccc2c(c1)OCO2)/c1ccncc1.Cl. The minimum Gasteiger partial charge on any atom is -0.454 e. The predicted octanol–water partition coefficient (Wildman–Crippen LogP) is 3.40. The van der Waals surface area contributed by atoms with Crippen LogP contribution in [-0.2, 0) is 0 Å². The monoisotopic (exact) mass is 261 g/mol. The van der Waals surface area contributed by atoms with Crippen molar-refractivity contribution < 1.29 is 9.47 Å². The van der Waals surface area contributed by atoms with Gasteiger partial charge in [-0.05, 0) is 35.4 Å². The molecule has 18 heavy (non-hydrogen) atoms. The van der Waals surface area contributed by atoms with Gasteiger partial charge in [-0.15, -0.1) is 12.4 Å². The van der Waals surface area contributed by atoms with Gasteiger partial charge in [0.05, 0.1) is 0 Å². The molecule has 0 amide bonds. The van der Waals surface area contributed by atoms with E-state index in [2.05, 4.69) is 4.98 Å². The van der Waals surface area contributed by atoms with E-state index in [1.807, 2.05) is 42.5 Å². The number of ether oxygens (including phenoxy) is 2. The molecule has 1 aromatic carbocycles. The molecule has 1 aromatic heterocycles. The van der Waals surface area contributed by atoms with Gasteiger partial charge in [-0.1, -0.05) is 18.2 Å². The van der Waals surface area contributed by atoms with E-state index >= 15 is 0 Å². The fraction of sp³-hybridized carbons (Fsp3) is 0.0714. The maximum atomic E-state index is 5.33. The van der Waals surface area contributed by atoms with E-state index in [-0.39, 0.29) is 12.4 Å². The summed E-state index contributed by atoms with van der Waals surface area (Å²) in [5, 5.41) is 0. The number of hydrogen-bond donors (Lipinski definition) is 0. The normalized spacial score (nSPS) is 12.4. The molecular formula is C14H12ClNO2. The van der Waals surface area contributed by atoms with Gasteiger partial charge in [0.2, 0.25) is 6.79 Å². The lowest BCUT2D eigenvalue weighted by molar-refractivity contribution is 0.174. The number of nitrogens with zero attached hydrogens (tertiary/aromatic N) is 1. The average molecular weight is 262 g/mol. The van der Waals surface area contributed by atoms with E-state index in [9.17, 15) is 0 Å². The first-order valence-corrected chi connectivity index (χ1v) is 5.39. The van der Waals surface area contributed by atoms with Gasteiger partial charge in [-0.2, -0.15) is 0 Å². The molecule has 3 rings (SSSR count). The second-order valence-corrected chi connectivity index (χ2v) is 3.73. The number of aromatic nitrogens is 1. The van der Waals surface area contributed by atoms with Crippen LogP contribution in [0, 0.1) is 0 Å². The molecule has 0 fully saturated rings. The van der Waals surface area contributed by atoms with Crippen LogP contribution in [-0.4, -0.2) is 11.8 Å². The van der Waals surface area contributed by atoms with Gasteiger partial charge in [0, 0.05) is 12.4 Å². The Balaban J connectivity index is 0.00000120. The maximum absolute atomic E-state index is 5.33. The van der Waals surface area contributed by atoms with Crippen molar-refractivity contribution in [3.8, 4) is 11.5 Å². The van der Waals surface area contributed by atoms with Crippen LogP contribution in [0.15, 0.2) is 42.7 Å². The highest BCUT2D eigenvalue weighted by molar-refractivity contribution is 5.85. The smallest absolute Gasteiger partial charge is 0.231 e. The van der Waals surface area contributed by atoms with Crippen LogP contribution in [0.2, 0.25) is 0 Å². The molecule has 2 heterocycles. The highest BCUT2D eigenvalue weighted by atomic mass is 35.5. The van der Waals surface area contributed by atoms with Crippen molar-refractivity contribution in [3.05, 3.63) is 53.9 Å². The summed E-state index contributed by atoms with van der Waals surface area (Å²) >= 11 is 0. The third-order valence-corrected chi connectivity index (χ3v) is 2.57. The van der Waals surface area contributed by atoms with Crippen LogP contribution in [0.3, 0.4) is 0 Å².